The molecule has 1 heterocycles. The summed E-state index contributed by atoms with van der Waals surface area (Å²) in [7, 11) is 0. The fourth-order valence-corrected chi connectivity index (χ4v) is 2.32. The minimum atomic E-state index is -0.875. The van der Waals surface area contributed by atoms with Crippen LogP contribution in [0.15, 0.2) is 30.3 Å². The van der Waals surface area contributed by atoms with Gasteiger partial charge in [0, 0.05) is 19.1 Å². The van der Waals surface area contributed by atoms with Crippen molar-refractivity contribution < 1.29 is 19.4 Å². The summed E-state index contributed by atoms with van der Waals surface area (Å²) in [6, 6.07) is 9.43. The fraction of sp³-hybridized carbons (Fsp3) is 0.467. The Labute approximate surface area is 123 Å². The molecular formula is C15H20N2O4. The van der Waals surface area contributed by atoms with Crippen LogP contribution in [0.5, 0.6) is 0 Å². The van der Waals surface area contributed by atoms with Crippen molar-refractivity contribution in [3.05, 3.63) is 35.9 Å². The normalized spacial score (nSPS) is 19.1. The van der Waals surface area contributed by atoms with E-state index in [1.807, 2.05) is 35.2 Å². The number of benzene rings is 1. The number of morpholine rings is 1. The van der Waals surface area contributed by atoms with Gasteiger partial charge in [-0.1, -0.05) is 30.3 Å². The van der Waals surface area contributed by atoms with E-state index in [0.29, 0.717) is 26.3 Å². The molecule has 114 valence electrons. The topological polar surface area (TPSA) is 78.9 Å². The number of carbonyl (C=O) groups is 2. The third-order valence-corrected chi connectivity index (χ3v) is 3.44. The molecule has 6 nitrogen and oxygen atoms in total. The van der Waals surface area contributed by atoms with E-state index >= 15 is 0 Å². The molecule has 0 radical (unpaired) electrons. The van der Waals surface area contributed by atoms with Gasteiger partial charge in [0.25, 0.3) is 0 Å². The lowest BCUT2D eigenvalue weighted by molar-refractivity contribution is -0.141. The first-order valence-electron chi connectivity index (χ1n) is 6.99. The lowest BCUT2D eigenvalue weighted by atomic mass is 10.1. The van der Waals surface area contributed by atoms with Crippen LogP contribution in [0, 0.1) is 0 Å². The van der Waals surface area contributed by atoms with E-state index < -0.39 is 5.97 Å². The van der Waals surface area contributed by atoms with Crippen LogP contribution in [0.25, 0.3) is 0 Å². The van der Waals surface area contributed by atoms with E-state index in [1.165, 1.54) is 0 Å². The number of aliphatic carboxylic acids is 1. The highest BCUT2D eigenvalue weighted by molar-refractivity contribution is 5.78. The average molecular weight is 292 g/mol. The van der Waals surface area contributed by atoms with E-state index in [2.05, 4.69) is 5.32 Å². The zero-order valence-corrected chi connectivity index (χ0v) is 11.8. The predicted molar refractivity (Wildman–Crippen MR) is 76.7 cm³/mol. The maximum Gasteiger partial charge on any atom is 0.305 e. The second-order valence-electron chi connectivity index (χ2n) is 5.06. The summed E-state index contributed by atoms with van der Waals surface area (Å²) in [6.45, 7) is 2.15. The van der Waals surface area contributed by atoms with Gasteiger partial charge < -0.3 is 15.2 Å². The SMILES string of the molecule is O=C(O)CC1COCCN1CC(=O)NCc1ccccc1. The van der Waals surface area contributed by atoms with Crippen molar-refractivity contribution in [1.29, 1.82) is 0 Å². The van der Waals surface area contributed by atoms with Gasteiger partial charge in [0.2, 0.25) is 5.91 Å². The Kier molecular flexibility index (Phi) is 5.71. The van der Waals surface area contributed by atoms with Gasteiger partial charge in [-0.05, 0) is 5.56 Å². The summed E-state index contributed by atoms with van der Waals surface area (Å²) in [6.07, 6.45) is -0.00797. The molecule has 1 fully saturated rings. The standard InChI is InChI=1S/C15H20N2O4/c18-14(16-9-12-4-2-1-3-5-12)10-17-6-7-21-11-13(17)8-15(19)20/h1-5,13H,6-11H2,(H,16,18)(H,19,20). The van der Waals surface area contributed by atoms with Gasteiger partial charge in [0.15, 0.2) is 0 Å². The van der Waals surface area contributed by atoms with Gasteiger partial charge in [-0.15, -0.1) is 0 Å². The van der Waals surface area contributed by atoms with Crippen LogP contribution in [0.2, 0.25) is 0 Å². The summed E-state index contributed by atoms with van der Waals surface area (Å²) in [5.41, 5.74) is 1.04. The van der Waals surface area contributed by atoms with Crippen LogP contribution in [0.3, 0.4) is 0 Å². The molecule has 0 saturated carbocycles. The van der Waals surface area contributed by atoms with Gasteiger partial charge in [0.05, 0.1) is 26.2 Å². The number of rotatable bonds is 6. The summed E-state index contributed by atoms with van der Waals surface area (Å²) in [5, 5.41) is 11.7. The first-order valence-corrected chi connectivity index (χ1v) is 6.99. The van der Waals surface area contributed by atoms with Crippen molar-refractivity contribution in [2.24, 2.45) is 0 Å². The third-order valence-electron chi connectivity index (χ3n) is 3.44. The first kappa shape index (κ1) is 15.5. The molecule has 1 amide bonds. The van der Waals surface area contributed by atoms with Crippen molar-refractivity contribution in [3.63, 3.8) is 0 Å². The second kappa shape index (κ2) is 7.75. The molecule has 21 heavy (non-hydrogen) atoms. The van der Waals surface area contributed by atoms with E-state index in [-0.39, 0.29) is 24.9 Å². The van der Waals surface area contributed by atoms with E-state index in [9.17, 15) is 9.59 Å². The van der Waals surface area contributed by atoms with Crippen LogP contribution >= 0.6 is 0 Å². The van der Waals surface area contributed by atoms with Crippen LogP contribution in [-0.4, -0.2) is 54.2 Å². The maximum absolute atomic E-state index is 12.0. The van der Waals surface area contributed by atoms with Crippen molar-refractivity contribution in [2.75, 3.05) is 26.3 Å². The monoisotopic (exact) mass is 292 g/mol. The largest absolute Gasteiger partial charge is 0.481 e. The molecular weight excluding hydrogens is 272 g/mol. The Morgan fingerprint density at radius 2 is 2.10 bits per heavy atom. The summed E-state index contributed by atoms with van der Waals surface area (Å²) in [5.74, 6) is -0.976. The lowest BCUT2D eigenvalue weighted by Gasteiger charge is -2.34. The van der Waals surface area contributed by atoms with Gasteiger partial charge >= 0.3 is 5.97 Å². The van der Waals surface area contributed by atoms with Crippen LogP contribution in [0.4, 0.5) is 0 Å². The first-order chi connectivity index (χ1) is 10.1. The number of nitrogens with one attached hydrogen (secondary N) is 1. The highest BCUT2D eigenvalue weighted by Gasteiger charge is 2.26. The van der Waals surface area contributed by atoms with Crippen molar-refractivity contribution in [3.8, 4) is 0 Å². The Balaban J connectivity index is 1.81. The highest BCUT2D eigenvalue weighted by Crippen LogP contribution is 2.10. The average Bonchev–Trinajstić information content (AvgIpc) is 2.48. The molecule has 0 spiro atoms. The quantitative estimate of drug-likeness (QED) is 0.797. The van der Waals surface area contributed by atoms with Crippen molar-refractivity contribution in [1.82, 2.24) is 10.2 Å². The van der Waals surface area contributed by atoms with Crippen LogP contribution in [-0.2, 0) is 20.9 Å². The Morgan fingerprint density at radius 1 is 1.33 bits per heavy atom. The summed E-state index contributed by atoms with van der Waals surface area (Å²) < 4.78 is 5.29. The Hall–Kier alpha value is -1.92. The zero-order chi connectivity index (χ0) is 15.1. The van der Waals surface area contributed by atoms with E-state index in [0.717, 1.165) is 5.56 Å². The molecule has 1 unspecified atom stereocenters. The van der Waals surface area contributed by atoms with E-state index in [1.54, 1.807) is 0 Å². The van der Waals surface area contributed by atoms with E-state index in [4.69, 9.17) is 9.84 Å². The number of nitrogens with zero attached hydrogens (tertiary/aromatic N) is 1. The molecule has 0 aromatic heterocycles. The molecule has 1 aromatic rings. The van der Waals surface area contributed by atoms with Gasteiger partial charge in [-0.3, -0.25) is 14.5 Å². The number of carboxylic acids is 1. The molecule has 1 aliphatic rings. The molecule has 1 atom stereocenters. The van der Waals surface area contributed by atoms with Gasteiger partial charge in [-0.2, -0.15) is 0 Å². The zero-order valence-electron chi connectivity index (χ0n) is 11.8. The number of hydrogen-bond acceptors (Lipinski definition) is 4. The third kappa shape index (κ3) is 5.17. The number of carboxylic acid groups (broad SMARTS) is 1. The molecule has 1 aliphatic heterocycles. The predicted octanol–water partition coefficient (Wildman–Crippen LogP) is 0.478. The molecule has 1 saturated heterocycles. The Bertz CT molecular complexity index is 478. The Morgan fingerprint density at radius 3 is 2.81 bits per heavy atom. The maximum atomic E-state index is 12.0. The van der Waals surface area contributed by atoms with Gasteiger partial charge in [-0.25, -0.2) is 0 Å². The number of hydrogen-bond donors (Lipinski definition) is 2. The summed E-state index contributed by atoms with van der Waals surface area (Å²) in [4.78, 5) is 24.7. The van der Waals surface area contributed by atoms with Crippen LogP contribution < -0.4 is 5.32 Å². The molecule has 1 aromatic carbocycles. The van der Waals surface area contributed by atoms with Gasteiger partial charge in [0.1, 0.15) is 0 Å². The molecule has 0 aliphatic carbocycles. The fourth-order valence-electron chi connectivity index (χ4n) is 2.32. The molecule has 2 N–H and O–H groups in total. The molecule has 2 rings (SSSR count). The van der Waals surface area contributed by atoms with Crippen molar-refractivity contribution in [2.45, 2.75) is 19.0 Å². The molecule has 6 heteroatoms. The number of carbonyl (C=O) groups excluding carboxylic acids is 1. The smallest absolute Gasteiger partial charge is 0.305 e. The lowest BCUT2D eigenvalue weighted by Crippen LogP contribution is -2.50. The minimum absolute atomic E-state index is 0.00797. The summed E-state index contributed by atoms with van der Waals surface area (Å²) >= 11 is 0. The highest BCUT2D eigenvalue weighted by atomic mass is 16.5. The molecule has 0 bridgehead atoms. The van der Waals surface area contributed by atoms with Crippen LogP contribution in [0.1, 0.15) is 12.0 Å². The number of amides is 1. The number of ether oxygens (including phenoxy) is 1. The second-order valence-corrected chi connectivity index (χ2v) is 5.06. The van der Waals surface area contributed by atoms with Crippen molar-refractivity contribution >= 4 is 11.9 Å². The minimum Gasteiger partial charge on any atom is -0.481 e.